The van der Waals surface area contributed by atoms with E-state index in [0.717, 1.165) is 15.3 Å². The Morgan fingerprint density at radius 3 is 2.67 bits per heavy atom. The molecule has 5 heteroatoms. The normalized spacial score (nSPS) is 11.1. The summed E-state index contributed by atoms with van der Waals surface area (Å²) in [7, 11) is 0. The molecule has 0 aliphatic carbocycles. The molecule has 104 valence electrons. The number of rotatable bonds is 4. The predicted molar refractivity (Wildman–Crippen MR) is 88.2 cm³/mol. The molecule has 1 aromatic heterocycles. The van der Waals surface area contributed by atoms with E-state index >= 15 is 0 Å². The Morgan fingerprint density at radius 2 is 1.90 bits per heavy atom. The molecule has 3 nitrogen and oxygen atoms in total. The second kappa shape index (κ2) is 6.08. The summed E-state index contributed by atoms with van der Waals surface area (Å²) in [6.45, 7) is 0. The van der Waals surface area contributed by atoms with Crippen molar-refractivity contribution < 1.29 is 4.79 Å². The third-order valence-electron chi connectivity index (χ3n) is 2.86. The highest BCUT2D eigenvalue weighted by Crippen LogP contribution is 2.25. The van der Waals surface area contributed by atoms with Crippen LogP contribution in [0.1, 0.15) is 10.4 Å². The van der Waals surface area contributed by atoms with Gasteiger partial charge in [-0.25, -0.2) is 4.98 Å². The van der Waals surface area contributed by atoms with Crippen LogP contribution in [0.4, 0.5) is 5.13 Å². The van der Waals surface area contributed by atoms with Crippen LogP contribution in [0.5, 0.6) is 0 Å². The number of hydrogen-bond donors (Lipinski definition) is 1. The van der Waals surface area contributed by atoms with E-state index in [4.69, 9.17) is 11.6 Å². The summed E-state index contributed by atoms with van der Waals surface area (Å²) in [6, 6.07) is 14.7. The molecule has 1 N–H and O–H groups in total. The number of ketones is 1. The molecular weight excluding hydrogens is 304 g/mol. The summed E-state index contributed by atoms with van der Waals surface area (Å²) in [5, 5.41) is 4.40. The van der Waals surface area contributed by atoms with Gasteiger partial charge in [-0.3, -0.25) is 4.79 Å². The van der Waals surface area contributed by atoms with Gasteiger partial charge in [0.15, 0.2) is 10.9 Å². The summed E-state index contributed by atoms with van der Waals surface area (Å²) in [5.74, 6) is -0.0831. The first kappa shape index (κ1) is 13.8. The zero-order valence-electron chi connectivity index (χ0n) is 10.9. The van der Waals surface area contributed by atoms with Crippen LogP contribution in [-0.4, -0.2) is 10.8 Å². The summed E-state index contributed by atoms with van der Waals surface area (Å²) >= 11 is 7.34. The SMILES string of the molecule is O=C(/C=C/Nc1nc2ccccc2s1)c1ccc(Cl)cc1. The Hall–Kier alpha value is -2.17. The number of hydrogen-bond acceptors (Lipinski definition) is 4. The fraction of sp³-hybridized carbons (Fsp3) is 0. The minimum absolute atomic E-state index is 0.0831. The van der Waals surface area contributed by atoms with E-state index < -0.39 is 0 Å². The highest BCUT2D eigenvalue weighted by molar-refractivity contribution is 7.22. The van der Waals surface area contributed by atoms with E-state index in [0.29, 0.717) is 10.6 Å². The standard InChI is InChI=1S/C16H11ClN2OS/c17-12-7-5-11(6-8-12)14(20)9-10-18-16-19-13-3-1-2-4-15(13)21-16/h1-10H,(H,18,19)/b10-9+. The molecule has 0 atom stereocenters. The zero-order valence-corrected chi connectivity index (χ0v) is 12.5. The first-order valence-corrected chi connectivity index (χ1v) is 7.50. The van der Waals surface area contributed by atoms with Gasteiger partial charge >= 0.3 is 0 Å². The molecule has 0 unspecified atom stereocenters. The summed E-state index contributed by atoms with van der Waals surface area (Å²) < 4.78 is 1.11. The van der Waals surface area contributed by atoms with E-state index in [1.54, 1.807) is 41.8 Å². The molecule has 2 aromatic carbocycles. The number of carbonyl (C=O) groups excluding carboxylic acids is 1. The van der Waals surface area contributed by atoms with Crippen molar-refractivity contribution in [2.45, 2.75) is 0 Å². The fourth-order valence-electron chi connectivity index (χ4n) is 1.83. The maximum atomic E-state index is 11.9. The van der Waals surface area contributed by atoms with E-state index in [2.05, 4.69) is 10.3 Å². The molecule has 0 aliphatic heterocycles. The molecule has 3 aromatic rings. The summed E-state index contributed by atoms with van der Waals surface area (Å²) in [4.78, 5) is 16.4. The fourth-order valence-corrected chi connectivity index (χ4v) is 2.80. The Labute approximate surface area is 130 Å². The van der Waals surface area contributed by atoms with E-state index in [9.17, 15) is 4.79 Å². The quantitative estimate of drug-likeness (QED) is 0.557. The number of fused-ring (bicyclic) bond motifs is 1. The van der Waals surface area contributed by atoms with Gasteiger partial charge in [0, 0.05) is 22.9 Å². The maximum Gasteiger partial charge on any atom is 0.187 e. The van der Waals surface area contributed by atoms with Crippen molar-refractivity contribution in [1.82, 2.24) is 4.98 Å². The number of nitrogens with one attached hydrogen (secondary N) is 1. The molecular formula is C16H11ClN2OS. The van der Waals surface area contributed by atoms with E-state index in [1.807, 2.05) is 24.3 Å². The highest BCUT2D eigenvalue weighted by atomic mass is 35.5. The molecule has 0 amide bonds. The second-order valence-corrected chi connectivity index (χ2v) is 5.80. The van der Waals surface area contributed by atoms with E-state index in [1.165, 1.54) is 6.08 Å². The van der Waals surface area contributed by atoms with Gasteiger partial charge in [0.05, 0.1) is 10.2 Å². The van der Waals surface area contributed by atoms with Crippen molar-refractivity contribution in [2.75, 3.05) is 5.32 Å². The number of benzene rings is 2. The van der Waals surface area contributed by atoms with Crippen molar-refractivity contribution in [3.63, 3.8) is 0 Å². The lowest BCUT2D eigenvalue weighted by atomic mass is 10.1. The average molecular weight is 315 g/mol. The van der Waals surface area contributed by atoms with E-state index in [-0.39, 0.29) is 5.78 Å². The van der Waals surface area contributed by atoms with Crippen molar-refractivity contribution in [2.24, 2.45) is 0 Å². The first-order chi connectivity index (χ1) is 10.2. The Kier molecular flexibility index (Phi) is 3.99. The average Bonchev–Trinajstić information content (AvgIpc) is 2.90. The third-order valence-corrected chi connectivity index (χ3v) is 4.08. The molecule has 1 heterocycles. The predicted octanol–water partition coefficient (Wildman–Crippen LogP) is 4.76. The molecule has 0 fully saturated rings. The Balaban J connectivity index is 1.68. The number of halogens is 1. The van der Waals surface area contributed by atoms with Gasteiger partial charge in [-0.15, -0.1) is 0 Å². The number of thiazole rings is 1. The lowest BCUT2D eigenvalue weighted by molar-refractivity contribution is 0.104. The lowest BCUT2D eigenvalue weighted by Crippen LogP contribution is -1.95. The first-order valence-electron chi connectivity index (χ1n) is 6.31. The summed E-state index contributed by atoms with van der Waals surface area (Å²) in [6.07, 6.45) is 3.09. The zero-order chi connectivity index (χ0) is 14.7. The van der Waals surface area contributed by atoms with Crippen molar-refractivity contribution in [1.29, 1.82) is 0 Å². The molecule has 0 saturated carbocycles. The van der Waals surface area contributed by atoms with Crippen LogP contribution >= 0.6 is 22.9 Å². The Bertz CT molecular complexity index is 776. The maximum absolute atomic E-state index is 11.9. The van der Waals surface area contributed by atoms with Crippen molar-refractivity contribution >= 4 is 44.1 Å². The number of carbonyl (C=O) groups is 1. The van der Waals surface area contributed by atoms with Crippen LogP contribution < -0.4 is 5.32 Å². The van der Waals surface area contributed by atoms with Crippen LogP contribution in [0, 0.1) is 0 Å². The molecule has 0 spiro atoms. The molecule has 0 bridgehead atoms. The molecule has 3 rings (SSSR count). The third kappa shape index (κ3) is 3.29. The van der Waals surface area contributed by atoms with Gasteiger partial charge in [0.25, 0.3) is 0 Å². The summed E-state index contributed by atoms with van der Waals surface area (Å²) in [5.41, 5.74) is 1.55. The second-order valence-electron chi connectivity index (χ2n) is 4.34. The molecule has 0 radical (unpaired) electrons. The van der Waals surface area contributed by atoms with Gasteiger partial charge < -0.3 is 5.32 Å². The number of aromatic nitrogens is 1. The van der Waals surface area contributed by atoms with Gasteiger partial charge in [-0.1, -0.05) is 35.1 Å². The number of nitrogens with zero attached hydrogens (tertiary/aromatic N) is 1. The molecule has 21 heavy (non-hydrogen) atoms. The van der Waals surface area contributed by atoms with Crippen molar-refractivity contribution in [3.8, 4) is 0 Å². The minimum Gasteiger partial charge on any atom is -0.338 e. The minimum atomic E-state index is -0.0831. The number of para-hydroxylation sites is 1. The van der Waals surface area contributed by atoms with Crippen LogP contribution in [0.3, 0.4) is 0 Å². The van der Waals surface area contributed by atoms with Crippen LogP contribution in [-0.2, 0) is 0 Å². The van der Waals surface area contributed by atoms with Crippen molar-refractivity contribution in [3.05, 3.63) is 71.4 Å². The van der Waals surface area contributed by atoms with Gasteiger partial charge in [-0.05, 0) is 36.4 Å². The van der Waals surface area contributed by atoms with Crippen LogP contribution in [0.2, 0.25) is 5.02 Å². The van der Waals surface area contributed by atoms with Gasteiger partial charge in [0.1, 0.15) is 0 Å². The lowest BCUT2D eigenvalue weighted by Gasteiger charge is -1.96. The van der Waals surface area contributed by atoms with Gasteiger partial charge in [-0.2, -0.15) is 0 Å². The van der Waals surface area contributed by atoms with Crippen LogP contribution in [0.15, 0.2) is 60.8 Å². The molecule has 0 aliphatic rings. The smallest absolute Gasteiger partial charge is 0.187 e. The number of anilines is 1. The van der Waals surface area contributed by atoms with Crippen LogP contribution in [0.25, 0.3) is 10.2 Å². The highest BCUT2D eigenvalue weighted by Gasteiger charge is 2.02. The van der Waals surface area contributed by atoms with Gasteiger partial charge in [0.2, 0.25) is 0 Å². The monoisotopic (exact) mass is 314 g/mol. The largest absolute Gasteiger partial charge is 0.338 e. The topological polar surface area (TPSA) is 42.0 Å². The Morgan fingerprint density at radius 1 is 1.14 bits per heavy atom. The number of allylic oxidation sites excluding steroid dienone is 1. The molecule has 0 saturated heterocycles.